The molecule has 0 spiro atoms. The minimum absolute atomic E-state index is 0. The Labute approximate surface area is 282 Å². The van der Waals surface area contributed by atoms with Crippen molar-refractivity contribution in [2.24, 2.45) is 0 Å². The largest absolute Gasteiger partial charge is 1.00 e. The van der Waals surface area contributed by atoms with Crippen LogP contribution in [0.3, 0.4) is 0 Å². The molecule has 0 aromatic carbocycles. The molecule has 0 amide bonds. The smallest absolute Gasteiger partial charge is 0.846 e. The first-order valence-corrected chi connectivity index (χ1v) is 13.0. The van der Waals surface area contributed by atoms with Crippen molar-refractivity contribution in [3.05, 3.63) is 29.4 Å². The molecule has 2 heterocycles. The van der Waals surface area contributed by atoms with E-state index in [4.69, 9.17) is 10.1 Å². The van der Waals surface area contributed by atoms with E-state index in [1.165, 1.54) is 0 Å². The molecule has 1 fully saturated rings. The molecular weight excluding hydrogens is 589 g/mol. The van der Waals surface area contributed by atoms with Gasteiger partial charge in [-0.05, 0) is 17.7 Å². The molecule has 1 aromatic heterocycles. The van der Waals surface area contributed by atoms with Crippen LogP contribution < -0.4 is 114 Å². The van der Waals surface area contributed by atoms with E-state index < -0.39 is 89.1 Å². The molecule has 1 saturated heterocycles. The van der Waals surface area contributed by atoms with Gasteiger partial charge in [0.2, 0.25) is 0 Å². The summed E-state index contributed by atoms with van der Waals surface area (Å²) in [7, 11) is -11.2. The third kappa shape index (κ3) is 9.82. The summed E-state index contributed by atoms with van der Waals surface area (Å²) in [5.41, 5.74) is -0.970. The summed E-state index contributed by atoms with van der Waals surface area (Å²) in [5.74, 6) is -2.66. The summed E-state index contributed by atoms with van der Waals surface area (Å²) < 4.78 is 27.5. The van der Waals surface area contributed by atoms with Crippen LogP contribution in [0.2, 0.25) is 0 Å². The van der Waals surface area contributed by atoms with E-state index >= 15 is 0 Å². The molecule has 2 aliphatic rings. The number of aliphatic hydroxyl groups is 5. The van der Waals surface area contributed by atoms with Gasteiger partial charge in [-0.2, -0.15) is 0 Å². The van der Waals surface area contributed by atoms with Crippen LogP contribution in [-0.4, -0.2) is 89.1 Å². The summed E-state index contributed by atoms with van der Waals surface area (Å²) in [6.07, 6.45) is -10.7. The van der Waals surface area contributed by atoms with E-state index in [0.29, 0.717) is 6.08 Å². The van der Waals surface area contributed by atoms with Crippen molar-refractivity contribution in [2.75, 3.05) is 6.61 Å². The van der Waals surface area contributed by atoms with Gasteiger partial charge in [0, 0.05) is 12.6 Å². The molecule has 0 bridgehead atoms. The summed E-state index contributed by atoms with van der Waals surface area (Å²) in [6.45, 7) is -0.987. The van der Waals surface area contributed by atoms with Crippen LogP contribution in [-0.2, 0) is 18.3 Å². The van der Waals surface area contributed by atoms with Gasteiger partial charge in [0.05, 0.1) is 18.7 Å². The predicted octanol–water partition coefficient (Wildman–Crippen LogP) is -15.2. The molecule has 17 nitrogen and oxygen atoms in total. The molecule has 22 heteroatoms. The molecule has 1 unspecified atom stereocenters. The van der Waals surface area contributed by atoms with Gasteiger partial charge in [0.25, 0.3) is 0 Å². The minimum atomic E-state index is -5.83. The third-order valence-corrected chi connectivity index (χ3v) is 7.38. The fourth-order valence-electron chi connectivity index (χ4n) is 3.51. The van der Waals surface area contributed by atoms with Crippen molar-refractivity contribution in [2.45, 2.75) is 55.1 Å². The molecule has 3 rings (SSSR count). The third-order valence-electron chi connectivity index (χ3n) is 5.25. The number of hydrogen-bond donors (Lipinski definition) is 7. The Kier molecular flexibility index (Phi) is 16.6. The maximum atomic E-state index is 12.4. The fourth-order valence-corrected chi connectivity index (χ4v) is 5.72. The van der Waals surface area contributed by atoms with Crippen LogP contribution in [0, 0.1) is 5.41 Å². The number of hydrogen-bond acceptors (Lipinski definition) is 15. The average molecular weight is 611 g/mol. The fraction of sp³-hybridized carbons (Fsp3) is 0.625. The van der Waals surface area contributed by atoms with Crippen LogP contribution in [0.1, 0.15) is 12.6 Å². The van der Waals surface area contributed by atoms with Crippen LogP contribution in [0.4, 0.5) is 0 Å². The summed E-state index contributed by atoms with van der Waals surface area (Å²) >= 11 is 0. The van der Waals surface area contributed by atoms with E-state index in [1.54, 1.807) is 0 Å². The number of aromatic nitrogens is 2. The second-order valence-corrected chi connectivity index (χ2v) is 10.8. The summed E-state index contributed by atoms with van der Waals surface area (Å²) in [6, 6.07) is 0.104. The number of phosphoric ester groups is 1. The van der Waals surface area contributed by atoms with Gasteiger partial charge >= 0.3 is 96.5 Å². The van der Waals surface area contributed by atoms with Gasteiger partial charge in [-0.25, -0.2) is 14.1 Å². The zero-order valence-electron chi connectivity index (χ0n) is 20.5. The van der Waals surface area contributed by atoms with Crippen molar-refractivity contribution in [3.8, 4) is 6.01 Å². The van der Waals surface area contributed by atoms with Crippen molar-refractivity contribution >= 4 is 15.8 Å². The van der Waals surface area contributed by atoms with Gasteiger partial charge in [-0.1, -0.05) is 0 Å². The van der Waals surface area contributed by atoms with Gasteiger partial charge in [-0.3, -0.25) is 9.93 Å². The first-order chi connectivity index (χ1) is 16.1. The Morgan fingerprint density at radius 2 is 1.76 bits per heavy atom. The SMILES string of the molecule is N=c1ccn([C@@H]2O[C@H](COP(=O)(O)O[C@@H](C3=C[C@@H](O)[C@H](O)[C@H](O)C3)[P+]([O-])([O-])[O-])[C@@H](O)[C@H]2O)c([O-])n1.[Na+].[Na+].[Na+]. The number of ether oxygens (including phenoxy) is 1. The minimum Gasteiger partial charge on any atom is -0.846 e. The topological polar surface area (TPSA) is 300 Å². The Morgan fingerprint density at radius 3 is 2.29 bits per heavy atom. The zero-order chi connectivity index (χ0) is 26.3. The van der Waals surface area contributed by atoms with E-state index in [-0.39, 0.29) is 94.2 Å². The predicted molar refractivity (Wildman–Crippen MR) is 102 cm³/mol. The first-order valence-electron chi connectivity index (χ1n) is 9.85. The summed E-state index contributed by atoms with van der Waals surface area (Å²) in [4.78, 5) is 48.3. The van der Waals surface area contributed by atoms with E-state index in [0.717, 1.165) is 16.8 Å². The molecule has 0 saturated carbocycles. The normalized spacial score (nSPS) is 31.6. The van der Waals surface area contributed by atoms with Crippen molar-refractivity contribution in [1.29, 1.82) is 5.41 Å². The van der Waals surface area contributed by atoms with Crippen LogP contribution >= 0.6 is 15.8 Å². The molecule has 1 aliphatic heterocycles. The van der Waals surface area contributed by atoms with E-state index in [2.05, 4.69) is 14.0 Å². The van der Waals surface area contributed by atoms with Gasteiger partial charge in [-0.15, -0.1) is 7.94 Å². The van der Waals surface area contributed by atoms with Crippen molar-refractivity contribution in [3.63, 3.8) is 0 Å². The second kappa shape index (κ2) is 15.9. The van der Waals surface area contributed by atoms with Gasteiger partial charge in [0.1, 0.15) is 36.0 Å². The van der Waals surface area contributed by atoms with Crippen molar-refractivity contribution < 1.29 is 157 Å². The Morgan fingerprint density at radius 1 is 1.16 bits per heavy atom. The maximum Gasteiger partial charge on any atom is 1.00 e. The Bertz CT molecular complexity index is 1060. The standard InChI is InChI=1S/C16H25N3O14P2.3Na/c17-10-1-2-19(16(25)18-10)14-13(24)12(23)9(32-14)5-31-35(29,30)33-15(34(26,27)28)6-3-7(20)11(22)8(21)4-6;;;/h1-3,7-9,11-15,20-24H,4-5H2,(H,29,30)(H2,17,18,25)(H2,26,27,28);;;/q;3*+1/p-3/t7-,8-,9-,11+,12-,13-,14-,15-;;;/m1.../s1. The first kappa shape index (κ1) is 39.6. The maximum absolute atomic E-state index is 12.4. The molecule has 9 atom stereocenters. The molecule has 38 heavy (non-hydrogen) atoms. The Balaban J connectivity index is 0.00000456. The quantitative estimate of drug-likeness (QED) is 0.0816. The molecular formula is C16H22N3Na3O14P2. The van der Waals surface area contributed by atoms with Gasteiger partial charge in [0.15, 0.2) is 12.1 Å². The monoisotopic (exact) mass is 611 g/mol. The molecule has 1 aromatic rings. The summed E-state index contributed by atoms with van der Waals surface area (Å²) in [5, 5.41) is 68.5. The number of nitrogens with zero attached hydrogens (tertiary/aromatic N) is 2. The van der Waals surface area contributed by atoms with E-state index in [9.17, 15) is 54.8 Å². The average Bonchev–Trinajstić information content (AvgIpc) is 3.02. The number of rotatable bonds is 8. The van der Waals surface area contributed by atoms with Gasteiger partial charge < -0.3 is 59.5 Å². The molecule has 0 radical (unpaired) electrons. The zero-order valence-corrected chi connectivity index (χ0v) is 28.3. The van der Waals surface area contributed by atoms with Crippen molar-refractivity contribution in [1.82, 2.24) is 9.55 Å². The van der Waals surface area contributed by atoms with E-state index in [1.807, 2.05) is 0 Å². The number of phosphoric acid groups is 1. The second-order valence-electron chi connectivity index (χ2n) is 7.81. The number of aliphatic hydroxyl groups excluding tert-OH is 5. The van der Waals surface area contributed by atoms with Crippen LogP contribution in [0.25, 0.3) is 0 Å². The molecule has 1 aliphatic carbocycles. The molecule has 7 N–H and O–H groups in total. The molecule has 198 valence electrons. The van der Waals surface area contributed by atoms with Crippen LogP contribution in [0.15, 0.2) is 23.9 Å². The Hall–Kier alpha value is 1.60. The number of nitrogens with one attached hydrogen (secondary N) is 1. The van der Waals surface area contributed by atoms with Crippen LogP contribution in [0.5, 0.6) is 6.01 Å².